The van der Waals surface area contributed by atoms with Gasteiger partial charge in [-0.2, -0.15) is 0 Å². The predicted molar refractivity (Wildman–Crippen MR) is 185 cm³/mol. The number of benzene rings is 7. The molecule has 8 aromatic rings. The third kappa shape index (κ3) is 3.37. The Hall–Kier alpha value is -6.06. The molecule has 0 amide bonds. The summed E-state index contributed by atoms with van der Waals surface area (Å²) in [5, 5.41) is 3.31. The highest BCUT2D eigenvalue weighted by Gasteiger charge is 2.51. The van der Waals surface area contributed by atoms with E-state index in [4.69, 9.17) is 14.7 Å². The molecular formula is C43H26N2O. The number of hydrogen-bond acceptors (Lipinski definition) is 3. The van der Waals surface area contributed by atoms with E-state index in [1.807, 2.05) is 6.07 Å². The average molecular weight is 587 g/mol. The van der Waals surface area contributed by atoms with Crippen LogP contribution < -0.4 is 4.74 Å². The monoisotopic (exact) mass is 586 g/mol. The van der Waals surface area contributed by atoms with Gasteiger partial charge in [-0.15, -0.1) is 0 Å². The van der Waals surface area contributed by atoms with Crippen LogP contribution in [-0.2, 0) is 5.41 Å². The summed E-state index contributed by atoms with van der Waals surface area (Å²) in [5.74, 6) is 2.39. The van der Waals surface area contributed by atoms with Crippen LogP contribution in [0.4, 0.5) is 0 Å². The first kappa shape index (κ1) is 25.3. The molecule has 214 valence electrons. The number of rotatable bonds is 3. The number of nitrogens with zero attached hydrogens (tertiary/aromatic N) is 2. The van der Waals surface area contributed by atoms with Crippen LogP contribution in [0, 0.1) is 0 Å². The van der Waals surface area contributed by atoms with Crippen molar-refractivity contribution in [2.24, 2.45) is 0 Å². The molecule has 3 heteroatoms. The van der Waals surface area contributed by atoms with Crippen LogP contribution in [0.25, 0.3) is 55.4 Å². The molecule has 3 nitrogen and oxygen atoms in total. The van der Waals surface area contributed by atoms with Gasteiger partial charge < -0.3 is 4.74 Å². The molecule has 7 aromatic carbocycles. The van der Waals surface area contributed by atoms with Crippen LogP contribution in [0.2, 0.25) is 0 Å². The van der Waals surface area contributed by atoms with E-state index in [1.165, 1.54) is 27.8 Å². The lowest BCUT2D eigenvalue weighted by atomic mass is 9.66. The topological polar surface area (TPSA) is 35.0 Å². The maximum atomic E-state index is 6.83. The van der Waals surface area contributed by atoms with E-state index in [-0.39, 0.29) is 0 Å². The Morgan fingerprint density at radius 3 is 2.13 bits per heavy atom. The lowest BCUT2D eigenvalue weighted by Gasteiger charge is -2.39. The van der Waals surface area contributed by atoms with Crippen LogP contribution in [0.3, 0.4) is 0 Å². The minimum absolute atomic E-state index is 0.495. The third-order valence-electron chi connectivity index (χ3n) is 9.73. The Labute approximate surface area is 266 Å². The van der Waals surface area contributed by atoms with E-state index < -0.39 is 5.41 Å². The fourth-order valence-corrected chi connectivity index (χ4v) is 7.81. The second-order valence-electron chi connectivity index (χ2n) is 12.1. The van der Waals surface area contributed by atoms with Crippen molar-refractivity contribution in [1.29, 1.82) is 0 Å². The van der Waals surface area contributed by atoms with Crippen molar-refractivity contribution in [3.8, 4) is 45.3 Å². The quantitative estimate of drug-likeness (QED) is 0.193. The van der Waals surface area contributed by atoms with Crippen molar-refractivity contribution < 1.29 is 4.74 Å². The normalized spacial score (nSPS) is 15.7. The van der Waals surface area contributed by atoms with Gasteiger partial charge in [0.05, 0.1) is 16.6 Å². The fourth-order valence-electron chi connectivity index (χ4n) is 7.81. The Bertz CT molecular complexity index is 2500. The van der Waals surface area contributed by atoms with Gasteiger partial charge in [-0.05, 0) is 45.8 Å². The van der Waals surface area contributed by atoms with Crippen molar-refractivity contribution in [2.75, 3.05) is 0 Å². The molecule has 1 aliphatic heterocycles. The zero-order valence-electron chi connectivity index (χ0n) is 24.8. The fraction of sp³-hybridized carbons (Fsp3) is 0.0233. The summed E-state index contributed by atoms with van der Waals surface area (Å²) >= 11 is 0. The molecule has 0 bridgehead atoms. The zero-order chi connectivity index (χ0) is 30.2. The van der Waals surface area contributed by atoms with Crippen molar-refractivity contribution in [2.45, 2.75) is 5.41 Å². The summed E-state index contributed by atoms with van der Waals surface area (Å²) in [7, 11) is 0. The van der Waals surface area contributed by atoms with E-state index in [9.17, 15) is 0 Å². The van der Waals surface area contributed by atoms with Crippen molar-refractivity contribution in [3.63, 3.8) is 0 Å². The van der Waals surface area contributed by atoms with E-state index in [0.717, 1.165) is 55.6 Å². The SMILES string of the molecule is c1ccc(-c2nc(-c3ccc4c(c3)Oc3cccc5c3C4(c3ccccc3)c3ccccc3-5)nc3c2ccc2ccccc23)cc1. The first-order chi connectivity index (χ1) is 22.8. The second-order valence-corrected chi connectivity index (χ2v) is 12.1. The highest BCUT2D eigenvalue weighted by Crippen LogP contribution is 2.63. The molecule has 1 atom stereocenters. The highest BCUT2D eigenvalue weighted by atomic mass is 16.5. The third-order valence-corrected chi connectivity index (χ3v) is 9.73. The minimum atomic E-state index is -0.495. The molecule has 1 aromatic heterocycles. The van der Waals surface area contributed by atoms with Gasteiger partial charge in [0.2, 0.25) is 0 Å². The maximum Gasteiger partial charge on any atom is 0.160 e. The van der Waals surface area contributed by atoms with Crippen LogP contribution >= 0.6 is 0 Å². The van der Waals surface area contributed by atoms with Gasteiger partial charge in [0, 0.05) is 33.0 Å². The summed E-state index contributed by atoms with van der Waals surface area (Å²) in [4.78, 5) is 10.5. The Balaban J connectivity index is 1.25. The largest absolute Gasteiger partial charge is 0.457 e. The van der Waals surface area contributed by atoms with E-state index in [1.54, 1.807) is 0 Å². The molecule has 0 spiro atoms. The Morgan fingerprint density at radius 2 is 1.24 bits per heavy atom. The van der Waals surface area contributed by atoms with Crippen LogP contribution in [-0.4, -0.2) is 9.97 Å². The maximum absolute atomic E-state index is 6.83. The van der Waals surface area contributed by atoms with Gasteiger partial charge in [-0.25, -0.2) is 9.97 Å². The smallest absolute Gasteiger partial charge is 0.160 e. The molecule has 1 unspecified atom stereocenters. The Morgan fingerprint density at radius 1 is 0.478 bits per heavy atom. The van der Waals surface area contributed by atoms with E-state index in [2.05, 4.69) is 152 Å². The first-order valence-corrected chi connectivity index (χ1v) is 15.7. The summed E-state index contributed by atoms with van der Waals surface area (Å²) < 4.78 is 6.83. The first-order valence-electron chi connectivity index (χ1n) is 15.7. The molecule has 46 heavy (non-hydrogen) atoms. The highest BCUT2D eigenvalue weighted by molar-refractivity contribution is 6.09. The summed E-state index contributed by atoms with van der Waals surface area (Å²) in [6.07, 6.45) is 0. The molecule has 0 saturated carbocycles. The van der Waals surface area contributed by atoms with Gasteiger partial charge in [-0.3, -0.25) is 0 Å². The standard InChI is InChI=1S/C43H26N2O/c1-3-13-28(14-4-1)40-34-24-22-27-12-7-8-17-31(27)41(34)45-42(44-40)29-23-25-36-38(26-29)46-37-21-11-19-33-32-18-9-10-20-35(32)43(36,39(33)37)30-15-5-2-6-16-30/h1-26H. The van der Waals surface area contributed by atoms with Gasteiger partial charge in [-0.1, -0.05) is 140 Å². The summed E-state index contributed by atoms with van der Waals surface area (Å²) in [6.45, 7) is 0. The number of hydrogen-bond donors (Lipinski definition) is 0. The summed E-state index contributed by atoms with van der Waals surface area (Å²) in [5.41, 5.74) is 10.7. The molecule has 2 aliphatic rings. The second kappa shape index (κ2) is 9.47. The van der Waals surface area contributed by atoms with E-state index >= 15 is 0 Å². The number of fused-ring (bicyclic) bond motifs is 8. The predicted octanol–water partition coefficient (Wildman–Crippen LogP) is 10.6. The van der Waals surface area contributed by atoms with Crippen molar-refractivity contribution in [1.82, 2.24) is 9.97 Å². The van der Waals surface area contributed by atoms with Gasteiger partial charge in [0.25, 0.3) is 0 Å². The van der Waals surface area contributed by atoms with Gasteiger partial charge >= 0.3 is 0 Å². The van der Waals surface area contributed by atoms with Crippen molar-refractivity contribution >= 4 is 21.7 Å². The lowest BCUT2D eigenvalue weighted by molar-refractivity contribution is 0.438. The molecular weight excluding hydrogens is 560 g/mol. The van der Waals surface area contributed by atoms with Gasteiger partial charge in [0.1, 0.15) is 11.5 Å². The molecule has 0 radical (unpaired) electrons. The average Bonchev–Trinajstić information content (AvgIpc) is 3.44. The molecule has 0 N–H and O–H groups in total. The molecule has 10 rings (SSSR count). The molecule has 1 aliphatic carbocycles. The summed E-state index contributed by atoms with van der Waals surface area (Å²) in [6, 6.07) is 55.7. The van der Waals surface area contributed by atoms with Crippen molar-refractivity contribution in [3.05, 3.63) is 180 Å². The molecule has 0 saturated heterocycles. The number of aromatic nitrogens is 2. The molecule has 2 heterocycles. The van der Waals surface area contributed by atoms with Gasteiger partial charge in [0.15, 0.2) is 5.82 Å². The van der Waals surface area contributed by atoms with Crippen LogP contribution in [0.15, 0.2) is 158 Å². The Kier molecular flexibility index (Phi) is 5.20. The van der Waals surface area contributed by atoms with Crippen LogP contribution in [0.1, 0.15) is 22.3 Å². The number of ether oxygens (including phenoxy) is 1. The van der Waals surface area contributed by atoms with Crippen LogP contribution in [0.5, 0.6) is 11.5 Å². The molecule has 0 fully saturated rings. The lowest BCUT2D eigenvalue weighted by Crippen LogP contribution is -2.31. The van der Waals surface area contributed by atoms with E-state index in [0.29, 0.717) is 5.82 Å². The zero-order valence-corrected chi connectivity index (χ0v) is 24.8. The minimum Gasteiger partial charge on any atom is -0.457 e.